The van der Waals surface area contributed by atoms with Gasteiger partial charge in [-0.1, -0.05) is 90.4 Å². The maximum absolute atomic E-state index is 11.3. The Morgan fingerprint density at radius 1 is 0.778 bits per heavy atom. The standard InChI is InChI=1S/C23H40N2O2/c1-2-3-4-5-6-7-8-9-10-11-12-13-14-15-16-20-21(23(26)27)17-19(24)18-22(20)25/h17-18H,2-16,24-25H2,1H3,(H,26,27)/p-1. The highest BCUT2D eigenvalue weighted by molar-refractivity contribution is 5.91. The van der Waals surface area contributed by atoms with Crippen molar-refractivity contribution in [1.29, 1.82) is 0 Å². The second kappa shape index (κ2) is 14.4. The highest BCUT2D eigenvalue weighted by atomic mass is 16.4. The van der Waals surface area contributed by atoms with Crippen LogP contribution in [0.2, 0.25) is 0 Å². The summed E-state index contributed by atoms with van der Waals surface area (Å²) >= 11 is 0. The van der Waals surface area contributed by atoms with E-state index in [4.69, 9.17) is 11.5 Å². The lowest BCUT2D eigenvalue weighted by Gasteiger charge is -2.14. The average Bonchev–Trinajstić information content (AvgIpc) is 2.62. The Hall–Kier alpha value is -1.71. The number of carboxylic acids is 1. The molecule has 0 aromatic heterocycles. The second-order valence-corrected chi connectivity index (χ2v) is 7.77. The minimum absolute atomic E-state index is 0.141. The van der Waals surface area contributed by atoms with Crippen LogP contribution in [0.25, 0.3) is 0 Å². The van der Waals surface area contributed by atoms with Crippen molar-refractivity contribution in [1.82, 2.24) is 0 Å². The first kappa shape index (κ1) is 23.3. The molecule has 0 fully saturated rings. The third-order valence-electron chi connectivity index (χ3n) is 5.31. The van der Waals surface area contributed by atoms with E-state index in [0.717, 1.165) is 12.8 Å². The number of nitrogens with two attached hydrogens (primary N) is 2. The van der Waals surface area contributed by atoms with E-state index in [1.807, 2.05) is 0 Å². The van der Waals surface area contributed by atoms with Gasteiger partial charge in [-0.15, -0.1) is 0 Å². The van der Waals surface area contributed by atoms with Crippen molar-refractivity contribution in [2.24, 2.45) is 0 Å². The van der Waals surface area contributed by atoms with Crippen LogP contribution in [0.1, 0.15) is 113 Å². The zero-order chi connectivity index (χ0) is 19.9. The van der Waals surface area contributed by atoms with Crippen molar-refractivity contribution in [2.45, 2.75) is 103 Å². The zero-order valence-corrected chi connectivity index (χ0v) is 17.2. The fourth-order valence-electron chi connectivity index (χ4n) is 3.68. The molecule has 0 heterocycles. The van der Waals surface area contributed by atoms with Crippen LogP contribution < -0.4 is 16.6 Å². The Labute approximate surface area is 165 Å². The molecule has 1 aromatic carbocycles. The minimum atomic E-state index is -1.20. The molecule has 0 amide bonds. The molecule has 0 saturated heterocycles. The van der Waals surface area contributed by atoms with Crippen LogP contribution in [0.4, 0.5) is 11.4 Å². The summed E-state index contributed by atoms with van der Waals surface area (Å²) in [6.45, 7) is 2.26. The van der Waals surface area contributed by atoms with Gasteiger partial charge in [0.25, 0.3) is 0 Å². The van der Waals surface area contributed by atoms with Crippen LogP contribution in [0.3, 0.4) is 0 Å². The Balaban J connectivity index is 2.05. The van der Waals surface area contributed by atoms with Crippen LogP contribution >= 0.6 is 0 Å². The summed E-state index contributed by atoms with van der Waals surface area (Å²) in [7, 11) is 0. The maximum atomic E-state index is 11.3. The quantitative estimate of drug-likeness (QED) is 0.305. The van der Waals surface area contributed by atoms with Crippen molar-refractivity contribution in [3.8, 4) is 0 Å². The van der Waals surface area contributed by atoms with E-state index in [2.05, 4.69) is 6.92 Å². The molecule has 4 heteroatoms. The molecule has 0 saturated carbocycles. The lowest BCUT2D eigenvalue weighted by atomic mass is 9.98. The Bertz CT molecular complexity index is 543. The molecule has 0 bridgehead atoms. The third-order valence-corrected chi connectivity index (χ3v) is 5.31. The van der Waals surface area contributed by atoms with Gasteiger partial charge in [-0.2, -0.15) is 0 Å². The summed E-state index contributed by atoms with van der Waals surface area (Å²) in [6, 6.07) is 3.08. The smallest absolute Gasteiger partial charge is 0.0719 e. The Morgan fingerprint density at radius 2 is 1.22 bits per heavy atom. The number of anilines is 2. The molecule has 0 spiro atoms. The van der Waals surface area contributed by atoms with Gasteiger partial charge < -0.3 is 21.4 Å². The Morgan fingerprint density at radius 3 is 1.67 bits per heavy atom. The van der Waals surface area contributed by atoms with Gasteiger partial charge in [-0.3, -0.25) is 0 Å². The molecule has 154 valence electrons. The number of carboxylic acid groups (broad SMARTS) is 1. The van der Waals surface area contributed by atoms with Crippen LogP contribution in [-0.4, -0.2) is 5.97 Å². The van der Waals surface area contributed by atoms with Gasteiger partial charge in [-0.05, 0) is 30.5 Å². The second-order valence-electron chi connectivity index (χ2n) is 7.77. The maximum Gasteiger partial charge on any atom is 0.0719 e. The number of aromatic carboxylic acids is 1. The highest BCUT2D eigenvalue weighted by Crippen LogP contribution is 2.23. The van der Waals surface area contributed by atoms with Crippen LogP contribution in [0, 0.1) is 0 Å². The number of hydrogen-bond acceptors (Lipinski definition) is 4. The normalized spacial score (nSPS) is 11.0. The van der Waals surface area contributed by atoms with E-state index in [-0.39, 0.29) is 5.56 Å². The number of carbonyl (C=O) groups is 1. The minimum Gasteiger partial charge on any atom is -0.545 e. The van der Waals surface area contributed by atoms with Gasteiger partial charge in [0.05, 0.1) is 5.97 Å². The molecule has 0 aliphatic rings. The molecular weight excluding hydrogens is 336 g/mol. The SMILES string of the molecule is CCCCCCCCCCCCCCCCc1c(N)cc(N)cc1C(=O)[O-]. The molecule has 1 rings (SSSR count). The first-order valence-corrected chi connectivity index (χ1v) is 11.0. The third kappa shape index (κ3) is 10.3. The van der Waals surface area contributed by atoms with Crippen LogP contribution in [-0.2, 0) is 6.42 Å². The van der Waals surface area contributed by atoms with Gasteiger partial charge in [0, 0.05) is 16.9 Å². The van der Waals surface area contributed by atoms with E-state index in [1.54, 1.807) is 6.07 Å². The van der Waals surface area contributed by atoms with Gasteiger partial charge in [0.1, 0.15) is 0 Å². The van der Waals surface area contributed by atoms with E-state index < -0.39 is 5.97 Å². The number of hydrogen-bond donors (Lipinski definition) is 2. The van der Waals surface area contributed by atoms with Gasteiger partial charge in [-0.25, -0.2) is 0 Å². The van der Waals surface area contributed by atoms with E-state index in [0.29, 0.717) is 23.4 Å². The molecular formula is C23H39N2O2-. The fraction of sp³-hybridized carbons (Fsp3) is 0.696. The molecule has 0 aliphatic heterocycles. The van der Waals surface area contributed by atoms with Gasteiger partial charge >= 0.3 is 0 Å². The summed E-state index contributed by atoms with van der Waals surface area (Å²) in [5, 5.41) is 11.3. The van der Waals surface area contributed by atoms with E-state index in [1.165, 1.54) is 83.1 Å². The summed E-state index contributed by atoms with van der Waals surface area (Å²) in [5.74, 6) is -1.20. The molecule has 0 radical (unpaired) electrons. The van der Waals surface area contributed by atoms with Crippen LogP contribution in [0.15, 0.2) is 12.1 Å². The first-order valence-electron chi connectivity index (χ1n) is 11.0. The molecule has 4 nitrogen and oxygen atoms in total. The molecule has 1 aromatic rings. The van der Waals surface area contributed by atoms with Crippen molar-refractivity contribution in [3.05, 3.63) is 23.3 Å². The van der Waals surface area contributed by atoms with E-state index >= 15 is 0 Å². The zero-order valence-electron chi connectivity index (χ0n) is 17.2. The summed E-state index contributed by atoms with van der Waals surface area (Å²) in [5.41, 5.74) is 13.3. The fourth-order valence-corrected chi connectivity index (χ4v) is 3.68. The number of benzene rings is 1. The molecule has 27 heavy (non-hydrogen) atoms. The van der Waals surface area contributed by atoms with Gasteiger partial charge in [0.15, 0.2) is 0 Å². The number of rotatable bonds is 16. The largest absolute Gasteiger partial charge is 0.545 e. The molecule has 0 atom stereocenters. The predicted octanol–water partition coefficient (Wildman–Crippen LogP) is 5.24. The summed E-state index contributed by atoms with van der Waals surface area (Å²) in [4.78, 5) is 11.3. The van der Waals surface area contributed by atoms with Crippen molar-refractivity contribution >= 4 is 17.3 Å². The van der Waals surface area contributed by atoms with Crippen LogP contribution in [0.5, 0.6) is 0 Å². The predicted molar refractivity (Wildman–Crippen MR) is 114 cm³/mol. The Kier molecular flexibility index (Phi) is 12.4. The van der Waals surface area contributed by atoms with Crippen molar-refractivity contribution in [3.63, 3.8) is 0 Å². The van der Waals surface area contributed by atoms with Gasteiger partial charge in [0.2, 0.25) is 0 Å². The topological polar surface area (TPSA) is 92.2 Å². The monoisotopic (exact) mass is 375 g/mol. The van der Waals surface area contributed by atoms with Crippen molar-refractivity contribution in [2.75, 3.05) is 11.5 Å². The highest BCUT2D eigenvalue weighted by Gasteiger charge is 2.09. The number of carbonyl (C=O) groups excluding carboxylic acids is 1. The lowest BCUT2D eigenvalue weighted by Crippen LogP contribution is -2.24. The number of unbranched alkanes of at least 4 members (excludes halogenated alkanes) is 13. The molecule has 0 aliphatic carbocycles. The average molecular weight is 376 g/mol. The van der Waals surface area contributed by atoms with E-state index in [9.17, 15) is 9.90 Å². The summed E-state index contributed by atoms with van der Waals surface area (Å²) < 4.78 is 0. The van der Waals surface area contributed by atoms with Crippen molar-refractivity contribution < 1.29 is 9.90 Å². The lowest BCUT2D eigenvalue weighted by molar-refractivity contribution is -0.255. The summed E-state index contributed by atoms with van der Waals surface area (Å²) in [6.07, 6.45) is 18.9. The molecule has 0 unspecified atom stereocenters. The molecule has 4 N–H and O–H groups in total. The number of nitrogen functional groups attached to an aromatic ring is 2. The first-order chi connectivity index (χ1) is 13.1.